The van der Waals surface area contributed by atoms with Gasteiger partial charge in [0.05, 0.1) is 18.0 Å². The largest absolute Gasteiger partial charge is 0.444 e. The minimum atomic E-state index is -3.79. The molecule has 1 atom stereocenters. The summed E-state index contributed by atoms with van der Waals surface area (Å²) in [6.45, 7) is 0.271. The van der Waals surface area contributed by atoms with E-state index in [1.807, 2.05) is 0 Å². The summed E-state index contributed by atoms with van der Waals surface area (Å²) in [5, 5.41) is 3.37. The van der Waals surface area contributed by atoms with Crippen LogP contribution in [0.1, 0.15) is 0 Å². The number of anilines is 1. The molecule has 0 saturated carbocycles. The normalized spacial score (nSPS) is 17.7. The van der Waals surface area contributed by atoms with Gasteiger partial charge < -0.3 is 9.64 Å². The van der Waals surface area contributed by atoms with Crippen molar-refractivity contribution in [3.05, 3.63) is 34.7 Å². The molecule has 2 rings (SSSR count). The Hall–Kier alpha value is -2.78. The summed E-state index contributed by atoms with van der Waals surface area (Å²) in [7, 11) is -0.473. The lowest BCUT2D eigenvalue weighted by Gasteiger charge is -2.13. The van der Waals surface area contributed by atoms with Crippen molar-refractivity contribution in [3.8, 4) is 0 Å². The number of azide groups is 1. The molecular formula is C13H16N6O4S. The Labute approximate surface area is 139 Å². The van der Waals surface area contributed by atoms with Crippen molar-refractivity contribution in [1.29, 1.82) is 0 Å². The molecule has 1 aliphatic heterocycles. The Kier molecular flexibility index (Phi) is 5.27. The van der Waals surface area contributed by atoms with Crippen LogP contribution in [-0.4, -0.2) is 59.0 Å². The minimum absolute atomic E-state index is 0.0162. The third-order valence-corrected chi connectivity index (χ3v) is 4.33. The first-order valence-electron chi connectivity index (χ1n) is 6.89. The number of hydrogen-bond donors (Lipinski definition) is 0. The number of hydrogen-bond acceptors (Lipinski definition) is 5. The lowest BCUT2D eigenvalue weighted by atomic mass is 10.3. The second-order valence-corrected chi connectivity index (χ2v) is 6.82. The number of benzene rings is 1. The molecule has 0 bridgehead atoms. The van der Waals surface area contributed by atoms with E-state index < -0.39 is 22.2 Å². The van der Waals surface area contributed by atoms with E-state index in [9.17, 15) is 13.2 Å². The zero-order valence-corrected chi connectivity index (χ0v) is 13.9. The highest BCUT2D eigenvalue weighted by Gasteiger charge is 2.31. The summed E-state index contributed by atoms with van der Waals surface area (Å²) in [6.07, 6.45) is 0.0948. The number of amides is 1. The number of carbonyl (C=O) groups is 1. The SMILES string of the molecule is CN(C)C=NS(=O)(=O)c1ccc(N2C[C@H](CN=[N+]=[N-])OC2=O)cc1. The van der Waals surface area contributed by atoms with Gasteiger partial charge >= 0.3 is 6.09 Å². The van der Waals surface area contributed by atoms with Crippen molar-refractivity contribution in [3.63, 3.8) is 0 Å². The van der Waals surface area contributed by atoms with E-state index in [1.54, 1.807) is 14.1 Å². The fraction of sp³-hybridized carbons (Fsp3) is 0.385. The lowest BCUT2D eigenvalue weighted by Crippen LogP contribution is -2.25. The minimum Gasteiger partial charge on any atom is -0.444 e. The van der Waals surface area contributed by atoms with Crippen LogP contribution < -0.4 is 4.90 Å². The maximum absolute atomic E-state index is 12.0. The maximum atomic E-state index is 12.0. The number of sulfonamides is 1. The molecule has 0 radical (unpaired) electrons. The molecule has 1 aromatic carbocycles. The highest BCUT2D eigenvalue weighted by molar-refractivity contribution is 7.90. The van der Waals surface area contributed by atoms with Crippen LogP contribution in [0.3, 0.4) is 0 Å². The Bertz CT molecular complexity index is 783. The monoisotopic (exact) mass is 352 g/mol. The van der Waals surface area contributed by atoms with E-state index in [0.29, 0.717) is 5.69 Å². The average molecular weight is 352 g/mol. The molecule has 1 aliphatic rings. The molecule has 1 aromatic rings. The summed E-state index contributed by atoms with van der Waals surface area (Å²) in [5.41, 5.74) is 8.78. The number of cyclic esters (lactones) is 1. The van der Waals surface area contributed by atoms with Gasteiger partial charge in [-0.2, -0.15) is 8.42 Å². The first kappa shape index (κ1) is 17.6. The zero-order chi connectivity index (χ0) is 17.7. The van der Waals surface area contributed by atoms with Crippen LogP contribution >= 0.6 is 0 Å². The number of ether oxygens (including phenoxy) is 1. The smallest absolute Gasteiger partial charge is 0.414 e. The highest BCUT2D eigenvalue weighted by Crippen LogP contribution is 2.24. The second-order valence-electron chi connectivity index (χ2n) is 5.18. The van der Waals surface area contributed by atoms with Gasteiger partial charge in [0.1, 0.15) is 12.4 Å². The van der Waals surface area contributed by atoms with E-state index in [2.05, 4.69) is 14.4 Å². The number of nitrogens with zero attached hydrogens (tertiary/aromatic N) is 6. The van der Waals surface area contributed by atoms with Crippen molar-refractivity contribution < 1.29 is 17.9 Å². The first-order chi connectivity index (χ1) is 11.3. The molecule has 1 amide bonds. The van der Waals surface area contributed by atoms with E-state index in [0.717, 1.165) is 0 Å². The third-order valence-electron chi connectivity index (χ3n) is 3.09. The molecule has 24 heavy (non-hydrogen) atoms. The summed E-state index contributed by atoms with van der Waals surface area (Å²) >= 11 is 0. The molecule has 0 aliphatic carbocycles. The Morgan fingerprint density at radius 1 is 1.42 bits per heavy atom. The fourth-order valence-corrected chi connectivity index (χ4v) is 2.88. The van der Waals surface area contributed by atoms with Crippen LogP contribution in [0.5, 0.6) is 0 Å². The van der Waals surface area contributed by atoms with Crippen LogP contribution in [0.2, 0.25) is 0 Å². The standard InChI is InChI=1S/C13H16N6O4S/c1-18(2)9-16-24(21,22)12-5-3-10(4-6-12)19-8-11(7-15-17-14)23-13(19)20/h3-6,9,11H,7-8H2,1-2H3/t11-/m0/s1. The van der Waals surface area contributed by atoms with Gasteiger partial charge in [-0.25, -0.2) is 4.79 Å². The first-order valence-corrected chi connectivity index (χ1v) is 8.33. The van der Waals surface area contributed by atoms with Crippen molar-refractivity contribution >= 4 is 28.1 Å². The van der Waals surface area contributed by atoms with Crippen LogP contribution in [-0.2, 0) is 14.8 Å². The van der Waals surface area contributed by atoms with E-state index >= 15 is 0 Å². The quantitative estimate of drug-likeness (QED) is 0.252. The molecule has 1 fully saturated rings. The summed E-state index contributed by atoms with van der Waals surface area (Å²) in [5.74, 6) is 0. The Morgan fingerprint density at radius 3 is 2.67 bits per heavy atom. The van der Waals surface area contributed by atoms with Gasteiger partial charge in [0.25, 0.3) is 10.0 Å². The average Bonchev–Trinajstić information content (AvgIpc) is 2.92. The summed E-state index contributed by atoms with van der Waals surface area (Å²) in [4.78, 5) is 17.3. The molecule has 128 valence electrons. The molecule has 10 nitrogen and oxygen atoms in total. The van der Waals surface area contributed by atoms with Gasteiger partial charge in [0, 0.05) is 24.7 Å². The number of carbonyl (C=O) groups excluding carboxylic acids is 1. The molecular weight excluding hydrogens is 336 g/mol. The van der Waals surface area contributed by atoms with Crippen LogP contribution in [0, 0.1) is 0 Å². The van der Waals surface area contributed by atoms with Crippen molar-refractivity contribution in [2.24, 2.45) is 9.51 Å². The summed E-state index contributed by atoms with van der Waals surface area (Å²) < 4.78 is 32.7. The van der Waals surface area contributed by atoms with E-state index in [-0.39, 0.29) is 18.0 Å². The third kappa shape index (κ3) is 4.15. The topological polar surface area (TPSA) is 128 Å². The Morgan fingerprint density at radius 2 is 2.08 bits per heavy atom. The van der Waals surface area contributed by atoms with Crippen LogP contribution in [0.15, 0.2) is 38.7 Å². The van der Waals surface area contributed by atoms with Gasteiger partial charge in [-0.1, -0.05) is 5.11 Å². The second kappa shape index (κ2) is 7.20. The highest BCUT2D eigenvalue weighted by atomic mass is 32.2. The predicted octanol–water partition coefficient (Wildman–Crippen LogP) is 1.60. The fourth-order valence-electron chi connectivity index (χ4n) is 1.97. The van der Waals surface area contributed by atoms with Gasteiger partial charge in [-0.15, -0.1) is 4.40 Å². The summed E-state index contributed by atoms with van der Waals surface area (Å²) in [6, 6.07) is 5.72. The van der Waals surface area contributed by atoms with Gasteiger partial charge in [0.15, 0.2) is 0 Å². The molecule has 0 unspecified atom stereocenters. The maximum Gasteiger partial charge on any atom is 0.414 e. The molecule has 0 N–H and O–H groups in total. The van der Waals surface area contributed by atoms with E-state index in [1.165, 1.54) is 40.4 Å². The molecule has 1 heterocycles. The predicted molar refractivity (Wildman–Crippen MR) is 87.4 cm³/mol. The Balaban J connectivity index is 2.15. The van der Waals surface area contributed by atoms with Crippen molar-refractivity contribution in [1.82, 2.24) is 4.90 Å². The van der Waals surface area contributed by atoms with Crippen molar-refractivity contribution in [2.45, 2.75) is 11.0 Å². The lowest BCUT2D eigenvalue weighted by molar-refractivity contribution is 0.145. The van der Waals surface area contributed by atoms with E-state index in [4.69, 9.17) is 10.3 Å². The zero-order valence-electron chi connectivity index (χ0n) is 13.1. The molecule has 0 spiro atoms. The molecule has 1 saturated heterocycles. The van der Waals surface area contributed by atoms with Crippen molar-refractivity contribution in [2.75, 3.05) is 32.1 Å². The number of rotatable bonds is 6. The van der Waals surface area contributed by atoms with Crippen LogP contribution in [0.25, 0.3) is 10.4 Å². The van der Waals surface area contributed by atoms with Gasteiger partial charge in [0.2, 0.25) is 0 Å². The van der Waals surface area contributed by atoms with Gasteiger partial charge in [-0.05, 0) is 29.8 Å². The van der Waals surface area contributed by atoms with Crippen LogP contribution in [0.4, 0.5) is 10.5 Å². The molecule has 11 heteroatoms. The molecule has 0 aromatic heterocycles. The van der Waals surface area contributed by atoms with Gasteiger partial charge in [-0.3, -0.25) is 4.90 Å².